The number of ether oxygens (including phenoxy) is 2. The van der Waals surface area contributed by atoms with E-state index in [1.54, 1.807) is 25.6 Å². The minimum absolute atomic E-state index is 0.124. The molecule has 4 rings (SSSR count). The standard InChI is InChI=1S/C23H25N3O6S2/c1-31-19-6-3-16(22(14-19)32-2)13-17-15-33-23(24-17)25-11-9-21(10-12-25)34(29,30)20-7-4-18(5-8-20)26(27)28/h3-8,14-15,21H,9-13H2,1-2H3. The van der Waals surface area contributed by atoms with Crippen molar-refractivity contribution in [2.75, 3.05) is 32.2 Å². The summed E-state index contributed by atoms with van der Waals surface area (Å²) >= 11 is 1.54. The number of piperidine rings is 1. The summed E-state index contributed by atoms with van der Waals surface area (Å²) in [6, 6.07) is 10.8. The Labute approximate surface area is 202 Å². The molecule has 0 atom stereocenters. The molecule has 0 amide bonds. The average Bonchev–Trinajstić information content (AvgIpc) is 3.33. The molecule has 11 heteroatoms. The fourth-order valence-corrected chi connectivity index (χ4v) is 6.63. The molecule has 2 aromatic carbocycles. The summed E-state index contributed by atoms with van der Waals surface area (Å²) in [4.78, 5) is 17.3. The molecule has 1 fully saturated rings. The fraction of sp³-hybridized carbons (Fsp3) is 0.348. The van der Waals surface area contributed by atoms with Crippen LogP contribution in [0, 0.1) is 10.1 Å². The number of nitrogens with zero attached hydrogens (tertiary/aromatic N) is 3. The number of sulfone groups is 1. The van der Waals surface area contributed by atoms with Gasteiger partial charge in [0.2, 0.25) is 0 Å². The summed E-state index contributed by atoms with van der Waals surface area (Å²) in [6.45, 7) is 1.16. The highest BCUT2D eigenvalue weighted by atomic mass is 32.2. The Bertz CT molecular complexity index is 1270. The monoisotopic (exact) mass is 503 g/mol. The van der Waals surface area contributed by atoms with Gasteiger partial charge in [0.15, 0.2) is 15.0 Å². The molecule has 34 heavy (non-hydrogen) atoms. The van der Waals surface area contributed by atoms with E-state index in [1.807, 2.05) is 23.6 Å². The molecular weight excluding hydrogens is 478 g/mol. The lowest BCUT2D eigenvalue weighted by Crippen LogP contribution is -2.39. The van der Waals surface area contributed by atoms with Crippen LogP contribution in [0.5, 0.6) is 11.5 Å². The molecule has 1 saturated heterocycles. The zero-order chi connectivity index (χ0) is 24.3. The summed E-state index contributed by atoms with van der Waals surface area (Å²) in [5.41, 5.74) is 1.80. The molecule has 1 aromatic heterocycles. The number of methoxy groups -OCH3 is 2. The summed E-state index contributed by atoms with van der Waals surface area (Å²) in [5, 5.41) is 13.2. The molecule has 0 N–H and O–H groups in total. The second kappa shape index (κ2) is 9.98. The van der Waals surface area contributed by atoms with Crippen molar-refractivity contribution < 1.29 is 22.8 Å². The normalized spacial score (nSPS) is 14.7. The van der Waals surface area contributed by atoms with Crippen molar-refractivity contribution >= 4 is 32.0 Å². The van der Waals surface area contributed by atoms with Crippen molar-refractivity contribution in [3.8, 4) is 11.5 Å². The number of hydrogen-bond acceptors (Lipinski definition) is 9. The molecule has 0 bridgehead atoms. The van der Waals surface area contributed by atoms with Gasteiger partial charge in [-0.05, 0) is 31.0 Å². The van der Waals surface area contributed by atoms with Crippen LogP contribution in [-0.4, -0.2) is 50.9 Å². The molecule has 2 heterocycles. The quantitative estimate of drug-likeness (QED) is 0.334. The lowest BCUT2D eigenvalue weighted by Gasteiger charge is -2.31. The van der Waals surface area contributed by atoms with Gasteiger partial charge in [0, 0.05) is 48.7 Å². The Balaban J connectivity index is 1.40. The minimum Gasteiger partial charge on any atom is -0.497 e. The number of anilines is 1. The van der Waals surface area contributed by atoms with Crippen LogP contribution in [0.15, 0.2) is 52.7 Å². The predicted molar refractivity (Wildman–Crippen MR) is 130 cm³/mol. The maximum absolute atomic E-state index is 13.0. The van der Waals surface area contributed by atoms with Gasteiger partial charge in [0.05, 0.1) is 35.0 Å². The number of nitro groups is 1. The highest BCUT2D eigenvalue weighted by molar-refractivity contribution is 7.92. The fourth-order valence-electron chi connectivity index (χ4n) is 4.02. The van der Waals surface area contributed by atoms with Gasteiger partial charge in [-0.1, -0.05) is 6.07 Å². The number of nitro benzene ring substituents is 1. The van der Waals surface area contributed by atoms with E-state index in [0.717, 1.165) is 27.9 Å². The van der Waals surface area contributed by atoms with E-state index in [0.29, 0.717) is 32.4 Å². The third-order valence-corrected chi connectivity index (χ3v) is 9.16. The minimum atomic E-state index is -3.55. The summed E-state index contributed by atoms with van der Waals surface area (Å²) in [6.07, 6.45) is 1.57. The van der Waals surface area contributed by atoms with Crippen molar-refractivity contribution in [3.63, 3.8) is 0 Å². The molecule has 1 aliphatic rings. The summed E-state index contributed by atoms with van der Waals surface area (Å²) in [5.74, 6) is 1.47. The van der Waals surface area contributed by atoms with Crippen LogP contribution in [0.2, 0.25) is 0 Å². The van der Waals surface area contributed by atoms with Crippen molar-refractivity contribution in [2.24, 2.45) is 0 Å². The number of thiazole rings is 1. The lowest BCUT2D eigenvalue weighted by molar-refractivity contribution is -0.384. The van der Waals surface area contributed by atoms with Crippen LogP contribution in [0.4, 0.5) is 10.8 Å². The first-order valence-electron chi connectivity index (χ1n) is 10.7. The third-order valence-electron chi connectivity index (χ3n) is 5.93. The second-order valence-electron chi connectivity index (χ2n) is 7.96. The number of benzene rings is 2. The molecule has 9 nitrogen and oxygen atoms in total. The number of aromatic nitrogens is 1. The van der Waals surface area contributed by atoms with Crippen LogP contribution in [0.1, 0.15) is 24.1 Å². The van der Waals surface area contributed by atoms with E-state index >= 15 is 0 Å². The van der Waals surface area contributed by atoms with E-state index < -0.39 is 20.0 Å². The van der Waals surface area contributed by atoms with Gasteiger partial charge < -0.3 is 14.4 Å². The molecule has 180 valence electrons. The second-order valence-corrected chi connectivity index (χ2v) is 11.0. The van der Waals surface area contributed by atoms with Crippen molar-refractivity contribution in [2.45, 2.75) is 29.4 Å². The van der Waals surface area contributed by atoms with Crippen LogP contribution in [-0.2, 0) is 16.3 Å². The van der Waals surface area contributed by atoms with Crippen molar-refractivity contribution in [1.82, 2.24) is 4.98 Å². The van der Waals surface area contributed by atoms with Gasteiger partial charge in [0.25, 0.3) is 5.69 Å². The average molecular weight is 504 g/mol. The zero-order valence-corrected chi connectivity index (χ0v) is 20.5. The van der Waals surface area contributed by atoms with Gasteiger partial charge in [-0.25, -0.2) is 13.4 Å². The van der Waals surface area contributed by atoms with Crippen LogP contribution in [0.25, 0.3) is 0 Å². The maximum atomic E-state index is 13.0. The molecule has 0 saturated carbocycles. The maximum Gasteiger partial charge on any atom is 0.269 e. The molecule has 0 radical (unpaired) electrons. The highest BCUT2D eigenvalue weighted by Gasteiger charge is 2.32. The zero-order valence-electron chi connectivity index (χ0n) is 18.8. The van der Waals surface area contributed by atoms with Gasteiger partial charge in [-0.2, -0.15) is 0 Å². The highest BCUT2D eigenvalue weighted by Crippen LogP contribution is 2.32. The van der Waals surface area contributed by atoms with E-state index in [9.17, 15) is 18.5 Å². The number of non-ortho nitro benzene ring substituents is 1. The molecule has 0 spiro atoms. The molecular formula is C23H25N3O6S2. The van der Waals surface area contributed by atoms with E-state index in [1.165, 1.54) is 24.3 Å². The van der Waals surface area contributed by atoms with E-state index in [2.05, 4.69) is 4.90 Å². The topological polar surface area (TPSA) is 112 Å². The summed E-state index contributed by atoms with van der Waals surface area (Å²) < 4.78 is 36.7. The number of hydrogen-bond donors (Lipinski definition) is 0. The largest absolute Gasteiger partial charge is 0.497 e. The van der Waals surface area contributed by atoms with Crippen LogP contribution < -0.4 is 14.4 Å². The third kappa shape index (κ3) is 5.00. The smallest absolute Gasteiger partial charge is 0.269 e. The Kier molecular flexibility index (Phi) is 7.03. The first kappa shape index (κ1) is 24.0. The lowest BCUT2D eigenvalue weighted by atomic mass is 10.1. The Morgan fingerprint density at radius 1 is 1.12 bits per heavy atom. The Morgan fingerprint density at radius 2 is 1.82 bits per heavy atom. The van der Waals surface area contributed by atoms with Crippen LogP contribution >= 0.6 is 11.3 Å². The Morgan fingerprint density at radius 3 is 2.44 bits per heavy atom. The molecule has 3 aromatic rings. The predicted octanol–water partition coefficient (Wildman–Crippen LogP) is 4.10. The Hall–Kier alpha value is -3.18. The van der Waals surface area contributed by atoms with E-state index in [-0.39, 0.29) is 10.6 Å². The van der Waals surface area contributed by atoms with Gasteiger partial charge in [-0.15, -0.1) is 11.3 Å². The van der Waals surface area contributed by atoms with Crippen LogP contribution in [0.3, 0.4) is 0 Å². The van der Waals surface area contributed by atoms with Crippen molar-refractivity contribution in [3.05, 3.63) is 69.2 Å². The van der Waals surface area contributed by atoms with E-state index in [4.69, 9.17) is 14.5 Å². The first-order valence-corrected chi connectivity index (χ1v) is 13.1. The number of rotatable bonds is 8. The molecule has 0 aliphatic carbocycles. The van der Waals surface area contributed by atoms with Gasteiger partial charge in [0.1, 0.15) is 11.5 Å². The molecule has 0 unspecified atom stereocenters. The van der Waals surface area contributed by atoms with Gasteiger partial charge in [-0.3, -0.25) is 10.1 Å². The molecule has 1 aliphatic heterocycles. The summed E-state index contributed by atoms with van der Waals surface area (Å²) in [7, 11) is -0.312. The SMILES string of the molecule is COc1ccc(Cc2csc(N3CCC(S(=O)(=O)c4ccc([N+](=O)[O-])cc4)CC3)n2)c(OC)c1. The van der Waals surface area contributed by atoms with Gasteiger partial charge >= 0.3 is 0 Å². The van der Waals surface area contributed by atoms with Crippen molar-refractivity contribution in [1.29, 1.82) is 0 Å². The first-order chi connectivity index (χ1) is 16.3.